The zero-order chi connectivity index (χ0) is 16.7. The normalized spacial score (nSPS) is 16.0. The number of hydrogen-bond donors (Lipinski definition) is 2. The largest absolute Gasteiger partial charge is 0.368 e. The molecule has 1 amide bonds. The molecule has 0 spiro atoms. The lowest BCUT2D eigenvalue weighted by atomic mass is 9.96. The number of H-pyrrole nitrogens is 1. The van der Waals surface area contributed by atoms with Crippen LogP contribution in [0, 0.1) is 0 Å². The van der Waals surface area contributed by atoms with Crippen LogP contribution in [0.2, 0.25) is 0 Å². The number of hydrogen-bond acceptors (Lipinski definition) is 5. The van der Waals surface area contributed by atoms with Gasteiger partial charge in [-0.15, -0.1) is 0 Å². The molecular formula is C16H19N7O. The van der Waals surface area contributed by atoms with Gasteiger partial charge in [-0.05, 0) is 18.9 Å². The molecule has 3 aromatic rings. The van der Waals surface area contributed by atoms with E-state index in [2.05, 4.69) is 20.3 Å². The molecule has 0 saturated carbocycles. The molecule has 1 aromatic carbocycles. The van der Waals surface area contributed by atoms with E-state index in [1.807, 2.05) is 29.2 Å². The maximum absolute atomic E-state index is 12.8. The first-order valence-electron chi connectivity index (χ1n) is 8.02. The van der Waals surface area contributed by atoms with Crippen LogP contribution in [0.5, 0.6) is 0 Å². The van der Waals surface area contributed by atoms with Gasteiger partial charge in [0.15, 0.2) is 11.5 Å². The first-order valence-corrected chi connectivity index (χ1v) is 8.02. The summed E-state index contributed by atoms with van der Waals surface area (Å²) in [5.41, 5.74) is 7.12. The minimum atomic E-state index is -0.0283. The van der Waals surface area contributed by atoms with Crippen molar-refractivity contribution < 1.29 is 4.79 Å². The fourth-order valence-electron chi connectivity index (χ4n) is 3.21. The smallest absolute Gasteiger partial charge is 0.274 e. The number of nitrogen functional groups attached to an aromatic ring is 1. The first-order chi connectivity index (χ1) is 11.6. The number of fused-ring (bicyclic) bond motifs is 1. The number of carbonyl (C=O) groups is 1. The Hall–Kier alpha value is -2.90. The van der Waals surface area contributed by atoms with Crippen molar-refractivity contribution in [3.05, 3.63) is 35.8 Å². The summed E-state index contributed by atoms with van der Waals surface area (Å²) in [7, 11) is 1.78. The Kier molecular flexibility index (Phi) is 3.44. The summed E-state index contributed by atoms with van der Waals surface area (Å²) in [6.45, 7) is 1.34. The van der Waals surface area contributed by atoms with E-state index in [1.54, 1.807) is 11.7 Å². The van der Waals surface area contributed by atoms with E-state index < -0.39 is 0 Å². The lowest BCUT2D eigenvalue weighted by Gasteiger charge is -2.30. The Morgan fingerprint density at radius 1 is 1.29 bits per heavy atom. The van der Waals surface area contributed by atoms with Crippen molar-refractivity contribution in [2.75, 3.05) is 18.8 Å². The zero-order valence-corrected chi connectivity index (χ0v) is 13.4. The van der Waals surface area contributed by atoms with Gasteiger partial charge in [-0.25, -0.2) is 4.68 Å². The summed E-state index contributed by atoms with van der Waals surface area (Å²) in [5.74, 6) is 1.41. The second kappa shape index (κ2) is 5.63. The van der Waals surface area contributed by atoms with Crippen LogP contribution >= 0.6 is 0 Å². The quantitative estimate of drug-likeness (QED) is 0.738. The van der Waals surface area contributed by atoms with Gasteiger partial charge < -0.3 is 10.6 Å². The van der Waals surface area contributed by atoms with Gasteiger partial charge in [0.2, 0.25) is 5.95 Å². The highest BCUT2D eigenvalue weighted by Gasteiger charge is 2.28. The number of likely N-dealkylation sites (tertiary alicyclic amines) is 1. The molecule has 4 rings (SSSR count). The minimum Gasteiger partial charge on any atom is -0.368 e. The SMILES string of the molecule is Cn1nc(C2CCN(C(=O)c3n[nH]c4ccccc34)CC2)nc1N. The topological polar surface area (TPSA) is 106 Å². The van der Waals surface area contributed by atoms with E-state index in [1.165, 1.54) is 0 Å². The van der Waals surface area contributed by atoms with Crippen molar-refractivity contribution in [2.24, 2.45) is 7.05 Å². The van der Waals surface area contributed by atoms with Crippen LogP contribution in [0.4, 0.5) is 5.95 Å². The van der Waals surface area contributed by atoms with Crippen LogP contribution in [-0.4, -0.2) is 48.9 Å². The number of benzene rings is 1. The Morgan fingerprint density at radius 3 is 2.75 bits per heavy atom. The summed E-state index contributed by atoms with van der Waals surface area (Å²) in [6, 6.07) is 7.67. The molecule has 124 valence electrons. The average Bonchev–Trinajstić information content (AvgIpc) is 3.18. The summed E-state index contributed by atoms with van der Waals surface area (Å²) in [5, 5.41) is 12.3. The fraction of sp³-hybridized carbons (Fsp3) is 0.375. The molecule has 0 radical (unpaired) electrons. The maximum atomic E-state index is 12.8. The van der Waals surface area contributed by atoms with Crippen LogP contribution in [-0.2, 0) is 7.05 Å². The van der Waals surface area contributed by atoms with Crippen LogP contribution in [0.1, 0.15) is 35.1 Å². The monoisotopic (exact) mass is 325 g/mol. The van der Waals surface area contributed by atoms with E-state index >= 15 is 0 Å². The van der Waals surface area contributed by atoms with E-state index in [-0.39, 0.29) is 11.8 Å². The van der Waals surface area contributed by atoms with E-state index in [0.717, 1.165) is 29.6 Å². The van der Waals surface area contributed by atoms with Crippen molar-refractivity contribution in [1.82, 2.24) is 29.9 Å². The molecule has 1 saturated heterocycles. The third-order valence-corrected chi connectivity index (χ3v) is 4.63. The van der Waals surface area contributed by atoms with Gasteiger partial charge >= 0.3 is 0 Å². The first kappa shape index (κ1) is 14.7. The number of anilines is 1. The molecule has 1 aliphatic heterocycles. The number of para-hydroxylation sites is 1. The number of aryl methyl sites for hydroxylation is 1. The van der Waals surface area contributed by atoms with Gasteiger partial charge in [0.25, 0.3) is 5.91 Å². The number of aromatic nitrogens is 5. The predicted molar refractivity (Wildman–Crippen MR) is 89.4 cm³/mol. The number of piperidine rings is 1. The molecular weight excluding hydrogens is 306 g/mol. The van der Waals surface area contributed by atoms with E-state index in [0.29, 0.717) is 24.7 Å². The van der Waals surface area contributed by atoms with Crippen molar-refractivity contribution in [2.45, 2.75) is 18.8 Å². The molecule has 8 nitrogen and oxygen atoms in total. The second-order valence-corrected chi connectivity index (χ2v) is 6.14. The van der Waals surface area contributed by atoms with Gasteiger partial charge in [0.05, 0.1) is 5.52 Å². The number of carbonyl (C=O) groups excluding carboxylic acids is 1. The molecule has 0 bridgehead atoms. The van der Waals surface area contributed by atoms with Crippen LogP contribution in [0.15, 0.2) is 24.3 Å². The average molecular weight is 325 g/mol. The number of aromatic amines is 1. The van der Waals surface area contributed by atoms with Crippen molar-refractivity contribution >= 4 is 22.8 Å². The summed E-state index contributed by atoms with van der Waals surface area (Å²) in [6.07, 6.45) is 1.66. The lowest BCUT2D eigenvalue weighted by molar-refractivity contribution is 0.0707. The van der Waals surface area contributed by atoms with Crippen molar-refractivity contribution in [3.8, 4) is 0 Å². The highest BCUT2D eigenvalue weighted by Crippen LogP contribution is 2.27. The zero-order valence-electron chi connectivity index (χ0n) is 13.4. The third kappa shape index (κ3) is 2.40. The number of nitrogens with two attached hydrogens (primary N) is 1. The van der Waals surface area contributed by atoms with Gasteiger partial charge in [0.1, 0.15) is 0 Å². The molecule has 2 aromatic heterocycles. The van der Waals surface area contributed by atoms with Crippen molar-refractivity contribution in [1.29, 1.82) is 0 Å². The Balaban J connectivity index is 1.48. The molecule has 0 atom stereocenters. The van der Waals surface area contributed by atoms with Crippen LogP contribution in [0.25, 0.3) is 10.9 Å². The molecule has 1 aliphatic rings. The molecule has 0 aliphatic carbocycles. The maximum Gasteiger partial charge on any atom is 0.274 e. The second-order valence-electron chi connectivity index (χ2n) is 6.14. The molecule has 3 heterocycles. The Bertz CT molecular complexity index is 869. The number of nitrogens with zero attached hydrogens (tertiary/aromatic N) is 5. The van der Waals surface area contributed by atoms with Crippen LogP contribution in [0.3, 0.4) is 0 Å². The lowest BCUT2D eigenvalue weighted by Crippen LogP contribution is -2.38. The highest BCUT2D eigenvalue weighted by atomic mass is 16.2. The minimum absolute atomic E-state index is 0.0283. The molecule has 1 fully saturated rings. The number of rotatable bonds is 2. The standard InChI is InChI=1S/C16H19N7O/c1-22-16(17)18-14(21-22)10-6-8-23(9-7-10)15(24)13-11-4-2-3-5-12(11)19-20-13/h2-5,10H,6-9H2,1H3,(H,19,20)(H2,17,18,21). The summed E-state index contributed by atoms with van der Waals surface area (Å²) in [4.78, 5) is 18.9. The number of amides is 1. The fourth-order valence-corrected chi connectivity index (χ4v) is 3.21. The number of nitrogens with one attached hydrogen (secondary N) is 1. The van der Waals surface area contributed by atoms with E-state index in [9.17, 15) is 4.79 Å². The van der Waals surface area contributed by atoms with Gasteiger partial charge in [-0.2, -0.15) is 15.2 Å². The molecule has 3 N–H and O–H groups in total. The van der Waals surface area contributed by atoms with E-state index in [4.69, 9.17) is 5.73 Å². The summed E-state index contributed by atoms with van der Waals surface area (Å²) < 4.78 is 1.59. The Labute approximate surface area is 138 Å². The van der Waals surface area contributed by atoms with Gasteiger partial charge in [-0.3, -0.25) is 9.89 Å². The molecule has 8 heteroatoms. The van der Waals surface area contributed by atoms with Crippen molar-refractivity contribution in [3.63, 3.8) is 0 Å². The molecule has 24 heavy (non-hydrogen) atoms. The predicted octanol–water partition coefficient (Wildman–Crippen LogP) is 1.29. The summed E-state index contributed by atoms with van der Waals surface area (Å²) >= 11 is 0. The third-order valence-electron chi connectivity index (χ3n) is 4.63. The van der Waals surface area contributed by atoms with Gasteiger partial charge in [-0.1, -0.05) is 18.2 Å². The highest BCUT2D eigenvalue weighted by molar-refractivity contribution is 6.04. The molecule has 0 unspecified atom stereocenters. The van der Waals surface area contributed by atoms with Gasteiger partial charge in [0, 0.05) is 31.4 Å². The van der Waals surface area contributed by atoms with Crippen LogP contribution < -0.4 is 5.73 Å². The Morgan fingerprint density at radius 2 is 2.04 bits per heavy atom.